The topological polar surface area (TPSA) is 69.7 Å². The molecule has 0 spiro atoms. The zero-order valence-corrected chi connectivity index (χ0v) is 28.1. The number of fused-ring (bicyclic) bond motifs is 4. The van der Waals surface area contributed by atoms with Crippen LogP contribution in [0.15, 0.2) is 48.5 Å². The molecule has 8 heteroatoms. The molecule has 3 aliphatic rings. The summed E-state index contributed by atoms with van der Waals surface area (Å²) in [5.41, 5.74) is 5.77. The second kappa shape index (κ2) is 13.8. The first-order valence-electron chi connectivity index (χ1n) is 16.7. The maximum absolute atomic E-state index is 14.3. The summed E-state index contributed by atoms with van der Waals surface area (Å²) < 4.78 is 28.5. The normalized spacial score (nSPS) is 22.3. The third kappa shape index (κ3) is 5.99. The van der Waals surface area contributed by atoms with Gasteiger partial charge < -0.3 is 28.6 Å². The predicted molar refractivity (Wildman–Crippen MR) is 179 cm³/mol. The number of rotatable bonds is 10. The highest BCUT2D eigenvalue weighted by Gasteiger charge is 2.42. The Balaban J connectivity index is 1.36. The summed E-state index contributed by atoms with van der Waals surface area (Å²) in [5.74, 6) is 4.79. The van der Waals surface area contributed by atoms with Crippen molar-refractivity contribution in [2.24, 2.45) is 11.8 Å². The van der Waals surface area contributed by atoms with Crippen molar-refractivity contribution < 1.29 is 28.5 Å². The van der Waals surface area contributed by atoms with Crippen LogP contribution in [0.1, 0.15) is 77.8 Å². The van der Waals surface area contributed by atoms with Crippen LogP contribution < -0.4 is 23.7 Å². The number of amides is 1. The van der Waals surface area contributed by atoms with E-state index in [1.807, 2.05) is 31.2 Å². The molecule has 3 aromatic rings. The van der Waals surface area contributed by atoms with Crippen LogP contribution in [0.25, 0.3) is 0 Å². The molecule has 0 bridgehead atoms. The van der Waals surface area contributed by atoms with Crippen molar-refractivity contribution in [3.63, 3.8) is 0 Å². The van der Waals surface area contributed by atoms with Crippen molar-refractivity contribution in [1.29, 1.82) is 0 Å². The molecule has 46 heavy (non-hydrogen) atoms. The monoisotopic (exact) mass is 628 g/mol. The van der Waals surface area contributed by atoms with Crippen LogP contribution in [0.4, 0.5) is 0 Å². The van der Waals surface area contributed by atoms with Gasteiger partial charge in [-0.15, -0.1) is 0 Å². The predicted octanol–water partition coefficient (Wildman–Crippen LogP) is 6.89. The van der Waals surface area contributed by atoms with E-state index in [9.17, 15) is 4.79 Å². The van der Waals surface area contributed by atoms with Crippen LogP contribution in [0, 0.1) is 11.8 Å². The first-order valence-corrected chi connectivity index (χ1v) is 16.7. The molecule has 0 unspecified atom stereocenters. The smallest absolute Gasteiger partial charge is 0.254 e. The number of piperidine rings is 1. The summed E-state index contributed by atoms with van der Waals surface area (Å²) in [6.45, 7) is 7.62. The summed E-state index contributed by atoms with van der Waals surface area (Å²) in [6, 6.07) is 16.4. The minimum absolute atomic E-state index is 0.0545. The molecule has 3 aliphatic heterocycles. The molecule has 246 valence electrons. The molecule has 0 radical (unpaired) electrons. The van der Waals surface area contributed by atoms with Gasteiger partial charge in [-0.3, -0.25) is 9.69 Å². The SMILES string of the molecule is CCOc1ccc(C(=O)N2CCc3cc(OC)c(OC)cc3[C@@H]2C[C@@H]2C[C@H]3c4cc(OC)c(OC)cc4CCN3C[C@@H]2CC)cc1. The summed E-state index contributed by atoms with van der Waals surface area (Å²) in [7, 11) is 6.77. The maximum atomic E-state index is 14.3. The van der Waals surface area contributed by atoms with Gasteiger partial charge in [-0.25, -0.2) is 0 Å². The van der Waals surface area contributed by atoms with Gasteiger partial charge in [0.1, 0.15) is 5.75 Å². The molecule has 3 heterocycles. The minimum atomic E-state index is -0.0818. The molecule has 1 saturated heterocycles. The van der Waals surface area contributed by atoms with Crippen LogP contribution in [0.2, 0.25) is 0 Å². The summed E-state index contributed by atoms with van der Waals surface area (Å²) in [6.07, 6.45) is 4.80. The van der Waals surface area contributed by atoms with E-state index in [2.05, 4.69) is 41.0 Å². The highest BCUT2D eigenvalue weighted by Crippen LogP contribution is 2.49. The fraction of sp³-hybridized carbons (Fsp3) is 0.500. The average molecular weight is 629 g/mol. The molecule has 0 N–H and O–H groups in total. The van der Waals surface area contributed by atoms with Crippen molar-refractivity contribution in [3.05, 3.63) is 76.3 Å². The van der Waals surface area contributed by atoms with Gasteiger partial charge in [0.05, 0.1) is 41.1 Å². The lowest BCUT2D eigenvalue weighted by atomic mass is 9.72. The lowest BCUT2D eigenvalue weighted by molar-refractivity contribution is 0.0287. The van der Waals surface area contributed by atoms with Crippen LogP contribution in [-0.4, -0.2) is 70.4 Å². The standard InChI is InChI=1S/C38H48N2O6/c1-7-24-23-39-15-13-26-19-34(42-3)36(44-5)21-30(26)32(39)17-28(24)18-33-31-22-37(45-6)35(43-4)20-27(31)14-16-40(33)38(41)25-9-11-29(12-10-25)46-8-2/h9-12,19-22,24,28,32-33H,7-8,13-18,23H2,1-6H3/t24-,28-,32-,33-/m0/s1. The lowest BCUT2D eigenvalue weighted by Crippen LogP contribution is -2.47. The molecular formula is C38H48N2O6. The van der Waals surface area contributed by atoms with E-state index in [1.165, 1.54) is 16.7 Å². The molecule has 3 aromatic carbocycles. The van der Waals surface area contributed by atoms with Gasteiger partial charge >= 0.3 is 0 Å². The van der Waals surface area contributed by atoms with E-state index >= 15 is 0 Å². The van der Waals surface area contributed by atoms with Crippen LogP contribution in [0.5, 0.6) is 28.7 Å². The molecule has 0 saturated carbocycles. The molecule has 0 aliphatic carbocycles. The fourth-order valence-electron chi connectivity index (χ4n) is 8.09. The van der Waals surface area contributed by atoms with Crippen LogP contribution >= 0.6 is 0 Å². The second-order valence-electron chi connectivity index (χ2n) is 12.7. The second-order valence-corrected chi connectivity index (χ2v) is 12.7. The van der Waals surface area contributed by atoms with Crippen molar-refractivity contribution >= 4 is 5.91 Å². The Morgan fingerprint density at radius 2 is 1.35 bits per heavy atom. The Bertz CT molecular complexity index is 1540. The quantitative estimate of drug-likeness (QED) is 0.242. The largest absolute Gasteiger partial charge is 0.494 e. The van der Waals surface area contributed by atoms with Crippen molar-refractivity contribution in [2.75, 3.05) is 54.7 Å². The van der Waals surface area contributed by atoms with Gasteiger partial charge in [-0.2, -0.15) is 0 Å². The van der Waals surface area contributed by atoms with E-state index in [-0.39, 0.29) is 11.9 Å². The number of carbonyl (C=O) groups excluding carboxylic acids is 1. The third-order valence-corrected chi connectivity index (χ3v) is 10.5. The summed E-state index contributed by atoms with van der Waals surface area (Å²) in [4.78, 5) is 19.1. The number of benzene rings is 3. The van der Waals surface area contributed by atoms with Gasteiger partial charge in [-0.05, 0) is 115 Å². The van der Waals surface area contributed by atoms with Crippen LogP contribution in [0.3, 0.4) is 0 Å². The highest BCUT2D eigenvalue weighted by atomic mass is 16.5. The van der Waals surface area contributed by atoms with E-state index in [0.717, 1.165) is 73.8 Å². The molecule has 8 nitrogen and oxygen atoms in total. The zero-order chi connectivity index (χ0) is 32.4. The van der Waals surface area contributed by atoms with E-state index in [4.69, 9.17) is 23.7 Å². The van der Waals surface area contributed by atoms with Crippen molar-refractivity contribution in [1.82, 2.24) is 9.80 Å². The average Bonchev–Trinajstić information content (AvgIpc) is 3.10. The number of methoxy groups -OCH3 is 4. The van der Waals surface area contributed by atoms with E-state index in [1.54, 1.807) is 28.4 Å². The number of nitrogens with zero attached hydrogens (tertiary/aromatic N) is 2. The number of hydrogen-bond acceptors (Lipinski definition) is 7. The van der Waals surface area contributed by atoms with Gasteiger partial charge in [0, 0.05) is 31.2 Å². The Labute approximate surface area is 273 Å². The minimum Gasteiger partial charge on any atom is -0.494 e. The number of carbonyl (C=O) groups is 1. The molecule has 1 amide bonds. The van der Waals surface area contributed by atoms with Gasteiger partial charge in [-0.1, -0.05) is 13.3 Å². The van der Waals surface area contributed by atoms with E-state index in [0.29, 0.717) is 42.3 Å². The molecule has 0 aromatic heterocycles. The maximum Gasteiger partial charge on any atom is 0.254 e. The third-order valence-electron chi connectivity index (χ3n) is 10.5. The van der Waals surface area contributed by atoms with Gasteiger partial charge in [0.2, 0.25) is 0 Å². The molecule has 6 rings (SSSR count). The summed E-state index contributed by atoms with van der Waals surface area (Å²) in [5, 5.41) is 0. The van der Waals surface area contributed by atoms with Crippen molar-refractivity contribution in [2.45, 2.75) is 58.0 Å². The van der Waals surface area contributed by atoms with Crippen LogP contribution in [-0.2, 0) is 12.8 Å². The zero-order valence-electron chi connectivity index (χ0n) is 28.1. The first-order chi connectivity index (χ1) is 22.4. The Kier molecular flexibility index (Phi) is 9.64. The van der Waals surface area contributed by atoms with Crippen molar-refractivity contribution in [3.8, 4) is 28.7 Å². The van der Waals surface area contributed by atoms with Gasteiger partial charge in [0.15, 0.2) is 23.0 Å². The molecule has 1 fully saturated rings. The highest BCUT2D eigenvalue weighted by molar-refractivity contribution is 5.95. The number of hydrogen-bond donors (Lipinski definition) is 0. The Morgan fingerprint density at radius 1 is 0.761 bits per heavy atom. The Morgan fingerprint density at radius 3 is 1.96 bits per heavy atom. The Hall–Kier alpha value is -3.91. The molecular weight excluding hydrogens is 580 g/mol. The lowest BCUT2D eigenvalue weighted by Gasteiger charge is -2.49. The fourth-order valence-corrected chi connectivity index (χ4v) is 8.09. The van der Waals surface area contributed by atoms with Gasteiger partial charge in [0.25, 0.3) is 5.91 Å². The molecule has 4 atom stereocenters. The number of ether oxygens (including phenoxy) is 5. The first kappa shape index (κ1) is 32.0. The summed E-state index contributed by atoms with van der Waals surface area (Å²) >= 11 is 0. The van der Waals surface area contributed by atoms with E-state index < -0.39 is 0 Å².